The van der Waals surface area contributed by atoms with Gasteiger partial charge < -0.3 is 9.50 Å². The molecule has 4 aromatic rings. The standard InChI is InChI=1S/C24H27ClN6O3S/c1-14-6-9-17(30-35(33)34-18-10-7-16(25)8-11-18)12-19(14)23(32)26-15(2)22-28-27-21-13-20(24(3,4)5)29-31(21)22/h6-13,15,29-30H,1-5H3,(H,26,32). The second-order valence-electron chi connectivity index (χ2n) is 9.27. The van der Waals surface area contributed by atoms with E-state index < -0.39 is 17.3 Å². The molecule has 1 amide bonds. The first-order valence-corrected chi connectivity index (χ1v) is 12.4. The largest absolute Gasteiger partial charge is 0.385 e. The number of aryl methyl sites for hydroxylation is 1. The quantitative estimate of drug-likeness (QED) is 0.325. The van der Waals surface area contributed by atoms with Gasteiger partial charge in [0, 0.05) is 27.8 Å². The van der Waals surface area contributed by atoms with Crippen molar-refractivity contribution in [3.63, 3.8) is 0 Å². The number of benzene rings is 2. The molecule has 9 nitrogen and oxygen atoms in total. The third-order valence-corrected chi connectivity index (χ3v) is 6.43. The summed E-state index contributed by atoms with van der Waals surface area (Å²) in [4.78, 5) is 13.1. The topological polar surface area (TPSA) is 113 Å². The van der Waals surface area contributed by atoms with E-state index in [4.69, 9.17) is 15.8 Å². The molecule has 2 aromatic carbocycles. The molecule has 0 bridgehead atoms. The Morgan fingerprint density at radius 3 is 2.54 bits per heavy atom. The van der Waals surface area contributed by atoms with Gasteiger partial charge in [-0.05, 0) is 55.8 Å². The molecular formula is C24H27ClN6O3S. The number of hydrogen-bond acceptors (Lipinski definition) is 5. The van der Waals surface area contributed by atoms with Gasteiger partial charge in [0.05, 0.1) is 11.7 Å². The average Bonchev–Trinajstić information content (AvgIpc) is 3.37. The number of fused-ring (bicyclic) bond motifs is 1. The highest BCUT2D eigenvalue weighted by molar-refractivity contribution is 7.81. The second-order valence-corrected chi connectivity index (χ2v) is 10.5. The van der Waals surface area contributed by atoms with Crippen LogP contribution >= 0.6 is 11.6 Å². The number of rotatable bonds is 7. The lowest BCUT2D eigenvalue weighted by molar-refractivity contribution is 0.0937. The van der Waals surface area contributed by atoms with Crippen LogP contribution in [0.4, 0.5) is 5.69 Å². The Labute approximate surface area is 211 Å². The smallest absolute Gasteiger partial charge is 0.316 e. The predicted octanol–water partition coefficient (Wildman–Crippen LogP) is 4.88. The average molecular weight is 515 g/mol. The predicted molar refractivity (Wildman–Crippen MR) is 137 cm³/mol. The highest BCUT2D eigenvalue weighted by Crippen LogP contribution is 2.24. The first kappa shape index (κ1) is 24.7. The van der Waals surface area contributed by atoms with Crippen LogP contribution in [0.3, 0.4) is 0 Å². The van der Waals surface area contributed by atoms with E-state index in [0.29, 0.717) is 33.5 Å². The summed E-state index contributed by atoms with van der Waals surface area (Å²) in [5.74, 6) is 0.702. The molecule has 2 aromatic heterocycles. The number of anilines is 1. The van der Waals surface area contributed by atoms with Crippen LogP contribution in [0.15, 0.2) is 48.5 Å². The minimum absolute atomic E-state index is 0.0770. The van der Waals surface area contributed by atoms with Crippen molar-refractivity contribution in [1.82, 2.24) is 25.1 Å². The number of nitrogens with zero attached hydrogens (tertiary/aromatic N) is 3. The van der Waals surface area contributed by atoms with Gasteiger partial charge in [-0.3, -0.25) is 14.6 Å². The van der Waals surface area contributed by atoms with Crippen LogP contribution in [0.1, 0.15) is 61.2 Å². The summed E-state index contributed by atoms with van der Waals surface area (Å²) >= 11 is 4.00. The van der Waals surface area contributed by atoms with Crippen LogP contribution in [0.5, 0.6) is 5.75 Å². The van der Waals surface area contributed by atoms with Crippen molar-refractivity contribution < 1.29 is 13.2 Å². The zero-order chi connectivity index (χ0) is 25.3. The van der Waals surface area contributed by atoms with Gasteiger partial charge in [-0.2, -0.15) is 4.21 Å². The van der Waals surface area contributed by atoms with E-state index >= 15 is 0 Å². The molecular weight excluding hydrogens is 488 g/mol. The first-order valence-electron chi connectivity index (χ1n) is 11.0. The van der Waals surface area contributed by atoms with E-state index in [0.717, 1.165) is 11.3 Å². The number of carbonyl (C=O) groups excluding carboxylic acids is 1. The van der Waals surface area contributed by atoms with Crippen molar-refractivity contribution in [2.75, 3.05) is 4.72 Å². The fraction of sp³-hybridized carbons (Fsp3) is 0.292. The SMILES string of the molecule is Cc1ccc(NS(=O)Oc2ccc(Cl)cc2)cc1C(=O)NC(C)c1nnc2cc(C(C)(C)C)[nH]n12. The van der Waals surface area contributed by atoms with Gasteiger partial charge in [-0.15, -0.1) is 10.2 Å². The van der Waals surface area contributed by atoms with Crippen LogP contribution in [0.2, 0.25) is 5.02 Å². The summed E-state index contributed by atoms with van der Waals surface area (Å²) in [6.07, 6.45) is 0. The third-order valence-electron chi connectivity index (χ3n) is 5.43. The van der Waals surface area contributed by atoms with E-state index in [2.05, 4.69) is 46.1 Å². The van der Waals surface area contributed by atoms with Crippen molar-refractivity contribution >= 4 is 40.1 Å². The molecule has 184 valence electrons. The maximum absolute atomic E-state index is 13.1. The molecule has 2 unspecified atom stereocenters. The minimum Gasteiger partial charge on any atom is -0.385 e. The van der Waals surface area contributed by atoms with Gasteiger partial charge in [0.1, 0.15) is 5.75 Å². The van der Waals surface area contributed by atoms with Gasteiger partial charge in [0.25, 0.3) is 5.91 Å². The van der Waals surface area contributed by atoms with Gasteiger partial charge in [-0.25, -0.2) is 4.52 Å². The molecule has 0 saturated carbocycles. The number of amides is 1. The van der Waals surface area contributed by atoms with Gasteiger partial charge in [-0.1, -0.05) is 38.4 Å². The molecule has 2 atom stereocenters. The van der Waals surface area contributed by atoms with Crippen molar-refractivity contribution in [3.05, 3.63) is 76.2 Å². The molecule has 4 rings (SSSR count). The molecule has 0 saturated heterocycles. The summed E-state index contributed by atoms with van der Waals surface area (Å²) in [6.45, 7) is 9.99. The Morgan fingerprint density at radius 1 is 1.14 bits per heavy atom. The minimum atomic E-state index is -1.86. The van der Waals surface area contributed by atoms with Gasteiger partial charge in [0.15, 0.2) is 11.5 Å². The molecule has 0 aliphatic rings. The molecule has 35 heavy (non-hydrogen) atoms. The van der Waals surface area contributed by atoms with E-state index in [1.165, 1.54) is 0 Å². The maximum Gasteiger partial charge on any atom is 0.316 e. The van der Waals surface area contributed by atoms with Crippen LogP contribution in [0, 0.1) is 6.92 Å². The van der Waals surface area contributed by atoms with Crippen molar-refractivity contribution in [1.29, 1.82) is 0 Å². The van der Waals surface area contributed by atoms with Crippen LogP contribution in [-0.2, 0) is 16.7 Å². The summed E-state index contributed by atoms with van der Waals surface area (Å²) < 4.78 is 22.3. The third kappa shape index (κ3) is 5.66. The zero-order valence-corrected chi connectivity index (χ0v) is 21.6. The monoisotopic (exact) mass is 514 g/mol. The molecule has 0 aliphatic heterocycles. The molecule has 0 fully saturated rings. The lowest BCUT2D eigenvalue weighted by Crippen LogP contribution is -2.29. The van der Waals surface area contributed by atoms with Gasteiger partial charge in [0.2, 0.25) is 0 Å². The molecule has 11 heteroatoms. The molecule has 0 spiro atoms. The molecule has 2 heterocycles. The van der Waals surface area contributed by atoms with E-state index in [9.17, 15) is 9.00 Å². The Bertz CT molecular complexity index is 1390. The molecule has 0 radical (unpaired) electrons. The lowest BCUT2D eigenvalue weighted by atomic mass is 9.93. The maximum atomic E-state index is 13.1. The normalized spacial score (nSPS) is 13.4. The second kappa shape index (κ2) is 9.71. The molecule has 3 N–H and O–H groups in total. The van der Waals surface area contributed by atoms with Crippen molar-refractivity contribution in [2.24, 2.45) is 0 Å². The van der Waals surface area contributed by atoms with E-state index in [1.54, 1.807) is 47.0 Å². The number of aromatic amines is 1. The van der Waals surface area contributed by atoms with Crippen LogP contribution in [-0.4, -0.2) is 29.9 Å². The van der Waals surface area contributed by atoms with Gasteiger partial charge >= 0.3 is 11.3 Å². The number of aromatic nitrogens is 4. The van der Waals surface area contributed by atoms with E-state index in [-0.39, 0.29) is 11.3 Å². The first-order chi connectivity index (χ1) is 16.5. The number of halogens is 1. The fourth-order valence-corrected chi connectivity index (χ4v) is 4.20. The van der Waals surface area contributed by atoms with Crippen molar-refractivity contribution in [2.45, 2.75) is 46.1 Å². The Balaban J connectivity index is 1.47. The Hall–Kier alpha value is -3.37. The summed E-state index contributed by atoms with van der Waals surface area (Å²) in [5.41, 5.74) is 3.32. The highest BCUT2D eigenvalue weighted by Gasteiger charge is 2.22. The Kier molecular flexibility index (Phi) is 6.86. The summed E-state index contributed by atoms with van der Waals surface area (Å²) in [6, 6.07) is 13.2. The molecule has 0 aliphatic carbocycles. The van der Waals surface area contributed by atoms with E-state index in [1.807, 2.05) is 19.9 Å². The number of carbonyl (C=O) groups is 1. The zero-order valence-electron chi connectivity index (χ0n) is 20.0. The highest BCUT2D eigenvalue weighted by atomic mass is 35.5. The fourth-order valence-electron chi connectivity index (χ4n) is 3.43. The van der Waals surface area contributed by atoms with Crippen LogP contribution in [0.25, 0.3) is 5.65 Å². The number of H-pyrrole nitrogens is 1. The lowest BCUT2D eigenvalue weighted by Gasteiger charge is -2.16. The summed E-state index contributed by atoms with van der Waals surface area (Å²) in [5, 5.41) is 15.3. The summed E-state index contributed by atoms with van der Waals surface area (Å²) in [7, 11) is 0. The van der Waals surface area contributed by atoms with Crippen LogP contribution < -0.4 is 14.2 Å². The van der Waals surface area contributed by atoms with Crippen molar-refractivity contribution in [3.8, 4) is 5.75 Å². The number of hydrogen-bond donors (Lipinski definition) is 3. The number of nitrogens with one attached hydrogen (secondary N) is 3. The Morgan fingerprint density at radius 2 is 1.86 bits per heavy atom.